The van der Waals surface area contributed by atoms with Gasteiger partial charge in [-0.1, -0.05) is 55.8 Å². The van der Waals surface area contributed by atoms with E-state index in [0.29, 0.717) is 29.2 Å². The number of hydrogen-bond donors (Lipinski definition) is 1. The molecule has 1 N–H and O–H groups in total. The zero-order valence-electron chi connectivity index (χ0n) is 24.6. The number of rotatable bonds is 10. The number of aromatic nitrogens is 4. The number of unbranched alkanes of at least 4 members (excludes halogenated alkanes) is 1. The lowest BCUT2D eigenvalue weighted by molar-refractivity contribution is -0.119. The van der Waals surface area contributed by atoms with E-state index in [1.165, 1.54) is 0 Å². The first kappa shape index (κ1) is 28.1. The van der Waals surface area contributed by atoms with Crippen LogP contribution in [-0.2, 0) is 17.6 Å². The van der Waals surface area contributed by atoms with E-state index in [1.54, 1.807) is 10.9 Å². The average molecular weight is 575 g/mol. The quantitative estimate of drug-likeness (QED) is 0.238. The maximum absolute atomic E-state index is 14.4. The molecule has 43 heavy (non-hydrogen) atoms. The van der Waals surface area contributed by atoms with Crippen LogP contribution < -0.4 is 15.7 Å². The maximum atomic E-state index is 14.4. The van der Waals surface area contributed by atoms with Crippen molar-refractivity contribution in [1.82, 2.24) is 24.6 Å². The van der Waals surface area contributed by atoms with E-state index >= 15 is 0 Å². The smallest absolute Gasteiger partial charge is 0.263 e. The van der Waals surface area contributed by atoms with Crippen molar-refractivity contribution in [3.05, 3.63) is 112 Å². The topological polar surface area (TPSA) is 103 Å². The van der Waals surface area contributed by atoms with Gasteiger partial charge in [0.1, 0.15) is 12.1 Å². The third-order valence-corrected chi connectivity index (χ3v) is 7.57. The second kappa shape index (κ2) is 12.1. The molecule has 1 aliphatic rings. The zero-order chi connectivity index (χ0) is 29.9. The Bertz CT molecular complexity index is 1870. The number of nitrogens with zero attached hydrogens (tertiary/aromatic N) is 5. The molecule has 6 rings (SSSR count). The summed E-state index contributed by atoms with van der Waals surface area (Å²) in [6.07, 6.45) is 4.97. The minimum Gasteiger partial charge on any atom is -0.491 e. The summed E-state index contributed by atoms with van der Waals surface area (Å²) >= 11 is 0. The van der Waals surface area contributed by atoms with Crippen LogP contribution in [0, 0.1) is 0 Å². The molecule has 0 bridgehead atoms. The number of aryl methyl sites for hydroxylation is 1. The molecular weight excluding hydrogens is 540 g/mol. The van der Waals surface area contributed by atoms with Crippen LogP contribution in [0.4, 0.5) is 0 Å². The Morgan fingerprint density at radius 3 is 2.47 bits per heavy atom. The molecule has 0 aliphatic carbocycles. The summed E-state index contributed by atoms with van der Waals surface area (Å²) in [6, 6.07) is 23.7. The largest absolute Gasteiger partial charge is 0.491 e. The van der Waals surface area contributed by atoms with Crippen LogP contribution in [0.3, 0.4) is 0 Å². The van der Waals surface area contributed by atoms with Gasteiger partial charge in [-0.25, -0.2) is 9.99 Å². The highest BCUT2D eigenvalue weighted by Gasteiger charge is 2.23. The third kappa shape index (κ3) is 5.70. The van der Waals surface area contributed by atoms with Crippen LogP contribution in [0.25, 0.3) is 22.6 Å². The van der Waals surface area contributed by atoms with Gasteiger partial charge in [-0.2, -0.15) is 5.10 Å². The first-order chi connectivity index (χ1) is 20.9. The number of hydrogen-bond acceptors (Lipinski definition) is 6. The Morgan fingerprint density at radius 2 is 1.77 bits per heavy atom. The molecule has 218 valence electrons. The van der Waals surface area contributed by atoms with Crippen molar-refractivity contribution in [3.63, 3.8) is 0 Å². The second-order valence-corrected chi connectivity index (χ2v) is 11.0. The number of nitrogens with one attached hydrogen (secondary N) is 1. The summed E-state index contributed by atoms with van der Waals surface area (Å²) in [5.41, 5.74) is 9.27. The number of carbonyl (C=O) groups excluding carboxylic acids is 1. The number of benzene rings is 3. The Labute approximate surface area is 249 Å². The molecule has 0 saturated carbocycles. The Kier molecular flexibility index (Phi) is 7.87. The van der Waals surface area contributed by atoms with E-state index in [4.69, 9.17) is 4.74 Å². The first-order valence-electron chi connectivity index (χ1n) is 14.7. The molecule has 9 nitrogen and oxygen atoms in total. The molecule has 3 aromatic carbocycles. The van der Waals surface area contributed by atoms with E-state index in [9.17, 15) is 9.59 Å². The van der Waals surface area contributed by atoms with Gasteiger partial charge in [0.25, 0.3) is 5.56 Å². The van der Waals surface area contributed by atoms with Crippen LogP contribution >= 0.6 is 0 Å². The average Bonchev–Trinajstić information content (AvgIpc) is 3.67. The van der Waals surface area contributed by atoms with Crippen molar-refractivity contribution in [2.75, 3.05) is 0 Å². The van der Waals surface area contributed by atoms with E-state index in [1.807, 2.05) is 72.8 Å². The zero-order valence-corrected chi connectivity index (χ0v) is 24.6. The van der Waals surface area contributed by atoms with Crippen molar-refractivity contribution in [1.29, 1.82) is 0 Å². The highest BCUT2D eigenvalue weighted by molar-refractivity contribution is 6.16. The molecular formula is C34H34N6O3. The van der Waals surface area contributed by atoms with Gasteiger partial charge < -0.3 is 4.74 Å². The minimum absolute atomic E-state index is 0.0449. The normalized spacial score (nSPS) is 13.0. The summed E-state index contributed by atoms with van der Waals surface area (Å²) in [6.45, 7) is 6.09. The van der Waals surface area contributed by atoms with Crippen LogP contribution in [0.1, 0.15) is 62.4 Å². The molecule has 0 unspecified atom stereocenters. The van der Waals surface area contributed by atoms with Crippen molar-refractivity contribution < 1.29 is 9.53 Å². The summed E-state index contributed by atoms with van der Waals surface area (Å²) in [5, 5.41) is 12.9. The molecule has 1 aliphatic heterocycles. The van der Waals surface area contributed by atoms with Crippen LogP contribution in [-0.4, -0.2) is 36.9 Å². The molecule has 1 amide bonds. The molecule has 0 fully saturated rings. The predicted octanol–water partition coefficient (Wildman–Crippen LogP) is 5.49. The van der Waals surface area contributed by atoms with Gasteiger partial charge >= 0.3 is 0 Å². The second-order valence-electron chi connectivity index (χ2n) is 11.0. The molecule has 3 heterocycles. The van der Waals surface area contributed by atoms with Crippen molar-refractivity contribution >= 4 is 17.4 Å². The highest BCUT2D eigenvalue weighted by Crippen LogP contribution is 2.29. The third-order valence-electron chi connectivity index (χ3n) is 7.57. The Morgan fingerprint density at radius 1 is 0.977 bits per heavy atom. The van der Waals surface area contributed by atoms with Crippen molar-refractivity contribution in [3.8, 4) is 22.6 Å². The summed E-state index contributed by atoms with van der Waals surface area (Å²) in [5.74, 6) is 1.08. The number of fused-ring (bicyclic) bond motifs is 1. The molecule has 9 heteroatoms. The molecule has 5 aromatic rings. The first-order valence-corrected chi connectivity index (χ1v) is 14.7. The highest BCUT2D eigenvalue weighted by atomic mass is 16.5. The van der Waals surface area contributed by atoms with Crippen molar-refractivity contribution in [2.24, 2.45) is 5.10 Å². The summed E-state index contributed by atoms with van der Waals surface area (Å²) in [4.78, 5) is 26.5. The van der Waals surface area contributed by atoms with Gasteiger partial charge in [0.2, 0.25) is 11.7 Å². The molecule has 0 saturated heterocycles. The van der Waals surface area contributed by atoms with Gasteiger partial charge in [-0.3, -0.25) is 14.0 Å². The Hall–Kier alpha value is -5.05. The minimum atomic E-state index is -0.132. The number of hydrazone groups is 1. The molecule has 0 spiro atoms. The standard InChI is InChI=1S/C34H34N6O3/c1-4-5-11-31-29(33(42)40(34-38-35-21-39(31)34)25-13-15-26(16-14-25)43-22(2)3)19-23-12-17-27(24-9-7-6-8-10-24)28(18-23)30-20-32(41)37-36-30/h6-10,12-18,21-22H,4-5,11,19-20H2,1-3H3,(H,37,41). The van der Waals surface area contributed by atoms with Gasteiger partial charge in [0.15, 0.2) is 0 Å². The lowest BCUT2D eigenvalue weighted by atomic mass is 9.91. The van der Waals surface area contributed by atoms with Crippen LogP contribution in [0.5, 0.6) is 5.75 Å². The monoisotopic (exact) mass is 574 g/mol. The fourth-order valence-electron chi connectivity index (χ4n) is 5.57. The maximum Gasteiger partial charge on any atom is 0.263 e. The van der Waals surface area contributed by atoms with Gasteiger partial charge in [-0.15, -0.1) is 10.2 Å². The number of ether oxygens (including phenoxy) is 1. The van der Waals surface area contributed by atoms with E-state index in [-0.39, 0.29) is 24.0 Å². The molecule has 2 aromatic heterocycles. The van der Waals surface area contributed by atoms with Gasteiger partial charge in [0.05, 0.1) is 23.9 Å². The van der Waals surface area contributed by atoms with E-state index < -0.39 is 0 Å². The van der Waals surface area contributed by atoms with Gasteiger partial charge in [0, 0.05) is 23.2 Å². The number of amides is 1. The fraction of sp³-hybridized carbons (Fsp3) is 0.265. The van der Waals surface area contributed by atoms with E-state index in [2.05, 4.69) is 45.8 Å². The predicted molar refractivity (Wildman–Crippen MR) is 167 cm³/mol. The fourth-order valence-corrected chi connectivity index (χ4v) is 5.57. The lowest BCUT2D eigenvalue weighted by Crippen LogP contribution is -2.28. The van der Waals surface area contributed by atoms with Crippen LogP contribution in [0.2, 0.25) is 0 Å². The summed E-state index contributed by atoms with van der Waals surface area (Å²) < 4.78 is 9.38. The Balaban J connectivity index is 1.49. The molecule has 0 atom stereocenters. The van der Waals surface area contributed by atoms with Crippen LogP contribution in [0.15, 0.2) is 89.0 Å². The number of carbonyl (C=O) groups is 1. The van der Waals surface area contributed by atoms with E-state index in [0.717, 1.165) is 53.0 Å². The SMILES string of the molecule is CCCCc1c(Cc2ccc(-c3ccccc3)c(C3=NNC(=O)C3)c2)c(=O)n(-c2ccc(OC(C)C)cc2)c2nncn12. The summed E-state index contributed by atoms with van der Waals surface area (Å²) in [7, 11) is 0. The van der Waals surface area contributed by atoms with Crippen molar-refractivity contribution in [2.45, 2.75) is 59.0 Å². The molecule has 0 radical (unpaired) electrons. The lowest BCUT2D eigenvalue weighted by Gasteiger charge is -2.17. The van der Waals surface area contributed by atoms with Gasteiger partial charge in [-0.05, 0) is 73.7 Å².